The van der Waals surface area contributed by atoms with E-state index >= 15 is 0 Å². The minimum absolute atomic E-state index is 0.167. The zero-order valence-corrected chi connectivity index (χ0v) is 12.3. The fourth-order valence-electron chi connectivity index (χ4n) is 2.64. The van der Waals surface area contributed by atoms with Gasteiger partial charge in [-0.25, -0.2) is 4.98 Å². The molecule has 108 valence electrons. The van der Waals surface area contributed by atoms with Crippen LogP contribution in [0.3, 0.4) is 0 Å². The quantitative estimate of drug-likeness (QED) is 0.615. The smallest absolute Gasteiger partial charge is 0.258 e. The van der Waals surface area contributed by atoms with Crippen LogP contribution < -0.4 is 5.56 Å². The second-order valence-electron chi connectivity index (χ2n) is 5.23. The van der Waals surface area contributed by atoms with Gasteiger partial charge in [0.2, 0.25) is 0 Å². The number of aromatic nitrogens is 3. The largest absolute Gasteiger partial charge is 0.346 e. The Morgan fingerprint density at radius 1 is 1.09 bits per heavy atom. The predicted octanol–water partition coefficient (Wildman–Crippen LogP) is 3.58. The number of nitrogens with one attached hydrogen (secondary N) is 1. The van der Waals surface area contributed by atoms with Crippen LogP contribution in [0, 0.1) is 0 Å². The third kappa shape index (κ3) is 2.27. The zero-order valence-electron chi connectivity index (χ0n) is 11.6. The van der Waals surface area contributed by atoms with E-state index in [0.717, 1.165) is 10.8 Å². The van der Waals surface area contributed by atoms with Crippen molar-refractivity contribution in [1.29, 1.82) is 0 Å². The van der Waals surface area contributed by atoms with E-state index in [1.54, 1.807) is 18.2 Å². The highest BCUT2D eigenvalue weighted by Gasteiger charge is 2.06. The van der Waals surface area contributed by atoms with Crippen LogP contribution in [-0.2, 0) is 6.54 Å². The Kier molecular flexibility index (Phi) is 2.98. The van der Waals surface area contributed by atoms with Gasteiger partial charge in [-0.3, -0.25) is 4.79 Å². The molecule has 0 bridgehead atoms. The van der Waals surface area contributed by atoms with E-state index in [4.69, 9.17) is 11.6 Å². The maximum absolute atomic E-state index is 12.2. The Bertz CT molecular complexity index is 1020. The van der Waals surface area contributed by atoms with Crippen LogP contribution >= 0.6 is 11.6 Å². The van der Waals surface area contributed by atoms with Crippen molar-refractivity contribution in [2.24, 2.45) is 0 Å². The lowest BCUT2D eigenvalue weighted by Crippen LogP contribution is -2.13. The minimum Gasteiger partial charge on any atom is -0.346 e. The van der Waals surface area contributed by atoms with Crippen molar-refractivity contribution in [2.45, 2.75) is 6.54 Å². The average Bonchev–Trinajstić information content (AvgIpc) is 2.90. The molecule has 4 aromatic rings. The number of rotatable bonds is 2. The third-order valence-corrected chi connectivity index (χ3v) is 3.89. The molecule has 0 aliphatic rings. The van der Waals surface area contributed by atoms with Gasteiger partial charge < -0.3 is 9.55 Å². The van der Waals surface area contributed by atoms with Crippen molar-refractivity contribution in [3.63, 3.8) is 0 Å². The van der Waals surface area contributed by atoms with E-state index < -0.39 is 0 Å². The average molecular weight is 310 g/mol. The van der Waals surface area contributed by atoms with E-state index in [1.165, 1.54) is 0 Å². The summed E-state index contributed by atoms with van der Waals surface area (Å²) in [5, 5.41) is 3.37. The lowest BCUT2D eigenvalue weighted by molar-refractivity contribution is 0.753. The normalized spacial score (nSPS) is 11.3. The number of hydrogen-bond donors (Lipinski definition) is 1. The molecule has 0 spiro atoms. The number of aromatic amines is 1. The Morgan fingerprint density at radius 2 is 1.82 bits per heavy atom. The summed E-state index contributed by atoms with van der Waals surface area (Å²) in [5.74, 6) is 0.625. The minimum atomic E-state index is -0.167. The molecule has 1 N–H and O–H groups in total. The Labute approximate surface area is 131 Å². The van der Waals surface area contributed by atoms with E-state index in [0.29, 0.717) is 28.3 Å². The van der Waals surface area contributed by atoms with Crippen LogP contribution in [0.2, 0.25) is 5.02 Å². The molecular weight excluding hydrogens is 298 g/mol. The number of fused-ring (bicyclic) bond motifs is 2. The van der Waals surface area contributed by atoms with Crippen molar-refractivity contribution in [3.05, 3.63) is 76.1 Å². The van der Waals surface area contributed by atoms with Crippen molar-refractivity contribution < 1.29 is 0 Å². The van der Waals surface area contributed by atoms with Gasteiger partial charge >= 0.3 is 0 Å². The summed E-state index contributed by atoms with van der Waals surface area (Å²) in [5.41, 5.74) is 0.485. The Balaban J connectivity index is 1.77. The molecule has 0 aliphatic carbocycles. The van der Waals surface area contributed by atoms with Gasteiger partial charge in [-0.2, -0.15) is 0 Å². The second kappa shape index (κ2) is 5.00. The molecule has 4 nitrogen and oxygen atoms in total. The van der Waals surface area contributed by atoms with Crippen molar-refractivity contribution in [1.82, 2.24) is 14.5 Å². The van der Waals surface area contributed by atoms with E-state index in [9.17, 15) is 4.79 Å². The molecule has 22 heavy (non-hydrogen) atoms. The van der Waals surface area contributed by atoms with Crippen LogP contribution in [0.5, 0.6) is 0 Å². The number of benzene rings is 2. The van der Waals surface area contributed by atoms with Gasteiger partial charge in [-0.15, -0.1) is 0 Å². The maximum atomic E-state index is 12.2. The lowest BCUT2D eigenvalue weighted by atomic mass is 10.2. The number of hydrogen-bond acceptors (Lipinski definition) is 2. The number of nitrogens with zero attached hydrogens (tertiary/aromatic N) is 2. The standard InChI is InChI=1S/C17H12ClN3O/c18-13-5-6-15-14(7-13)17(22)20-16(19-15)10-21-8-11-3-1-2-4-12(11)9-21/h1-9H,10H2,(H,19,20,22). The first-order chi connectivity index (χ1) is 10.7. The molecular formula is C17H12ClN3O. The van der Waals surface area contributed by atoms with Crippen LogP contribution in [0.15, 0.2) is 59.7 Å². The molecule has 2 aromatic carbocycles. The first kappa shape index (κ1) is 13.1. The van der Waals surface area contributed by atoms with Crippen LogP contribution in [0.1, 0.15) is 5.82 Å². The van der Waals surface area contributed by atoms with Gasteiger partial charge in [-0.05, 0) is 29.0 Å². The molecule has 0 aliphatic heterocycles. The summed E-state index contributed by atoms with van der Waals surface area (Å²) in [6.07, 6.45) is 4.09. The van der Waals surface area contributed by atoms with Gasteiger partial charge in [0.1, 0.15) is 5.82 Å². The molecule has 0 fully saturated rings. The molecule has 0 atom stereocenters. The summed E-state index contributed by atoms with van der Waals surface area (Å²) in [6.45, 7) is 0.516. The fraction of sp³-hybridized carbons (Fsp3) is 0.0588. The highest BCUT2D eigenvalue weighted by Crippen LogP contribution is 2.17. The summed E-state index contributed by atoms with van der Waals surface area (Å²) in [6, 6.07) is 13.3. The second-order valence-corrected chi connectivity index (χ2v) is 5.67. The van der Waals surface area contributed by atoms with Crippen molar-refractivity contribution in [3.8, 4) is 0 Å². The molecule has 0 unspecified atom stereocenters. The molecule has 2 heterocycles. The Morgan fingerprint density at radius 3 is 2.55 bits per heavy atom. The molecule has 0 saturated heterocycles. The fourth-order valence-corrected chi connectivity index (χ4v) is 2.81. The highest BCUT2D eigenvalue weighted by molar-refractivity contribution is 6.31. The van der Waals surface area contributed by atoms with Gasteiger partial charge in [0, 0.05) is 17.4 Å². The SMILES string of the molecule is O=c1[nH]c(Cn2cc3ccccc3c2)nc2ccc(Cl)cc12. The van der Waals surface area contributed by atoms with Crippen LogP contribution in [0.4, 0.5) is 0 Å². The van der Waals surface area contributed by atoms with E-state index in [2.05, 4.69) is 22.1 Å². The third-order valence-electron chi connectivity index (χ3n) is 3.65. The summed E-state index contributed by atoms with van der Waals surface area (Å²) < 4.78 is 2.02. The van der Waals surface area contributed by atoms with E-state index in [-0.39, 0.29) is 5.56 Å². The molecule has 2 aromatic heterocycles. The van der Waals surface area contributed by atoms with E-state index in [1.807, 2.05) is 29.1 Å². The first-order valence-corrected chi connectivity index (χ1v) is 7.30. The van der Waals surface area contributed by atoms with Gasteiger partial charge in [0.25, 0.3) is 5.56 Å². The monoisotopic (exact) mass is 309 g/mol. The summed E-state index contributed by atoms with van der Waals surface area (Å²) >= 11 is 5.92. The van der Waals surface area contributed by atoms with Gasteiger partial charge in [0.15, 0.2) is 0 Å². The summed E-state index contributed by atoms with van der Waals surface area (Å²) in [7, 11) is 0. The maximum Gasteiger partial charge on any atom is 0.258 e. The van der Waals surface area contributed by atoms with Crippen LogP contribution in [0.25, 0.3) is 21.7 Å². The number of halogens is 1. The molecule has 0 saturated carbocycles. The molecule has 5 heteroatoms. The first-order valence-electron chi connectivity index (χ1n) is 6.92. The zero-order chi connectivity index (χ0) is 15.1. The molecule has 4 rings (SSSR count). The predicted molar refractivity (Wildman–Crippen MR) is 88.4 cm³/mol. The lowest BCUT2D eigenvalue weighted by Gasteiger charge is -2.04. The molecule has 0 radical (unpaired) electrons. The number of H-pyrrole nitrogens is 1. The molecule has 0 amide bonds. The Hall–Kier alpha value is -2.59. The topological polar surface area (TPSA) is 50.7 Å². The summed E-state index contributed by atoms with van der Waals surface area (Å²) in [4.78, 5) is 19.5. The van der Waals surface area contributed by atoms with Crippen LogP contribution in [-0.4, -0.2) is 14.5 Å². The van der Waals surface area contributed by atoms with Gasteiger partial charge in [-0.1, -0.05) is 35.9 Å². The highest BCUT2D eigenvalue weighted by atomic mass is 35.5. The van der Waals surface area contributed by atoms with Gasteiger partial charge in [0.05, 0.1) is 17.4 Å². The van der Waals surface area contributed by atoms with Crippen molar-refractivity contribution in [2.75, 3.05) is 0 Å². The van der Waals surface area contributed by atoms with Crippen molar-refractivity contribution >= 4 is 33.3 Å².